The van der Waals surface area contributed by atoms with Crippen LogP contribution in [0.2, 0.25) is 0 Å². The van der Waals surface area contributed by atoms with Gasteiger partial charge in [0.2, 0.25) is 5.91 Å². The number of nitrogens with one attached hydrogen (secondary N) is 1. The minimum atomic E-state index is -4.46. The summed E-state index contributed by atoms with van der Waals surface area (Å²) < 4.78 is 39.6. The van der Waals surface area contributed by atoms with E-state index >= 15 is 0 Å². The average Bonchev–Trinajstić information content (AvgIpc) is 2.61. The molecule has 6 heteroatoms. The molecule has 146 valence electrons. The number of halogens is 3. The van der Waals surface area contributed by atoms with Gasteiger partial charge in [0.1, 0.15) is 0 Å². The molecule has 0 aliphatic rings. The summed E-state index contributed by atoms with van der Waals surface area (Å²) >= 11 is 0. The van der Waals surface area contributed by atoms with Gasteiger partial charge in [0.25, 0.3) is 0 Å². The van der Waals surface area contributed by atoms with Gasteiger partial charge in [0, 0.05) is 5.39 Å². The monoisotopic (exact) mass is 386 g/mol. The molecular weight excluding hydrogens is 365 g/mol. The molecular formula is C22H21F3N2O. The maximum atomic E-state index is 13.2. The van der Waals surface area contributed by atoms with Gasteiger partial charge in [-0.2, -0.15) is 13.2 Å². The third-order valence-electron chi connectivity index (χ3n) is 4.75. The number of amides is 1. The summed E-state index contributed by atoms with van der Waals surface area (Å²) in [7, 11) is 0. The second-order valence-corrected chi connectivity index (χ2v) is 7.34. The number of carbonyl (C=O) groups is 1. The molecule has 28 heavy (non-hydrogen) atoms. The number of aromatic nitrogens is 1. The van der Waals surface area contributed by atoms with Crippen LogP contribution in [-0.2, 0) is 11.2 Å². The zero-order valence-corrected chi connectivity index (χ0v) is 15.7. The molecule has 0 unspecified atom stereocenters. The van der Waals surface area contributed by atoms with Crippen molar-refractivity contribution in [1.82, 2.24) is 4.98 Å². The number of hydrogen-bond acceptors (Lipinski definition) is 2. The van der Waals surface area contributed by atoms with E-state index in [2.05, 4.69) is 10.3 Å². The summed E-state index contributed by atoms with van der Waals surface area (Å²) in [6.07, 6.45) is -4.20. The van der Waals surface area contributed by atoms with Gasteiger partial charge in [-0.15, -0.1) is 0 Å². The van der Waals surface area contributed by atoms with Gasteiger partial charge in [-0.1, -0.05) is 55.5 Å². The Morgan fingerprint density at radius 1 is 1.07 bits per heavy atom. The average molecular weight is 386 g/mol. The van der Waals surface area contributed by atoms with Crippen molar-refractivity contribution >= 4 is 22.5 Å². The molecule has 1 N–H and O–H groups in total. The zero-order chi connectivity index (χ0) is 20.4. The Morgan fingerprint density at radius 2 is 1.79 bits per heavy atom. The van der Waals surface area contributed by atoms with E-state index in [4.69, 9.17) is 0 Å². The first-order valence-corrected chi connectivity index (χ1v) is 8.94. The molecule has 0 spiro atoms. The third-order valence-corrected chi connectivity index (χ3v) is 4.75. The van der Waals surface area contributed by atoms with E-state index in [1.54, 1.807) is 36.4 Å². The fourth-order valence-electron chi connectivity index (χ4n) is 3.38. The van der Waals surface area contributed by atoms with Crippen molar-refractivity contribution in [3.63, 3.8) is 0 Å². The Hall–Kier alpha value is -2.89. The predicted octanol–water partition coefficient (Wildman–Crippen LogP) is 5.68. The van der Waals surface area contributed by atoms with Gasteiger partial charge < -0.3 is 5.32 Å². The molecule has 0 bridgehead atoms. The summed E-state index contributed by atoms with van der Waals surface area (Å²) in [5.74, 6) is -0.678. The quantitative estimate of drug-likeness (QED) is 0.613. The lowest BCUT2D eigenvalue weighted by atomic mass is 9.79. The van der Waals surface area contributed by atoms with E-state index in [1.807, 2.05) is 25.1 Å². The van der Waals surface area contributed by atoms with Gasteiger partial charge in [-0.25, -0.2) is 0 Å². The Kier molecular flexibility index (Phi) is 5.40. The van der Waals surface area contributed by atoms with Crippen molar-refractivity contribution in [3.05, 3.63) is 71.9 Å². The van der Waals surface area contributed by atoms with Gasteiger partial charge in [-0.3, -0.25) is 9.78 Å². The Labute approximate surface area is 161 Å². The minimum Gasteiger partial charge on any atom is -0.324 e. The fourth-order valence-corrected chi connectivity index (χ4v) is 3.38. The molecule has 0 aliphatic heterocycles. The highest BCUT2D eigenvalue weighted by atomic mass is 19.4. The second kappa shape index (κ2) is 7.62. The van der Waals surface area contributed by atoms with Gasteiger partial charge in [0.15, 0.2) is 0 Å². The second-order valence-electron chi connectivity index (χ2n) is 7.34. The first-order valence-electron chi connectivity index (χ1n) is 8.94. The Balaban J connectivity index is 1.88. The molecule has 3 rings (SSSR count). The molecule has 0 saturated carbocycles. The molecule has 1 heterocycles. The molecule has 1 atom stereocenters. The van der Waals surface area contributed by atoms with E-state index in [1.165, 1.54) is 13.1 Å². The number of fused-ring (bicyclic) bond motifs is 1. The molecule has 2 aromatic carbocycles. The predicted molar refractivity (Wildman–Crippen MR) is 104 cm³/mol. The number of nitrogens with zero attached hydrogens (tertiary/aromatic N) is 1. The van der Waals surface area contributed by atoms with Crippen LogP contribution in [0.1, 0.15) is 24.5 Å². The van der Waals surface area contributed by atoms with Crippen molar-refractivity contribution in [2.45, 2.75) is 32.9 Å². The summed E-state index contributed by atoms with van der Waals surface area (Å²) in [5, 5.41) is 3.45. The minimum absolute atomic E-state index is 0.0146. The molecule has 3 aromatic rings. The lowest BCUT2D eigenvalue weighted by Crippen LogP contribution is -2.39. The van der Waals surface area contributed by atoms with Crippen molar-refractivity contribution < 1.29 is 18.0 Å². The zero-order valence-electron chi connectivity index (χ0n) is 15.7. The van der Waals surface area contributed by atoms with E-state index in [9.17, 15) is 18.0 Å². The molecule has 1 amide bonds. The van der Waals surface area contributed by atoms with Crippen LogP contribution in [0, 0.1) is 12.3 Å². The SMILES string of the molecule is Cc1cccc2cc(NC(=O)[C@](C)(Cc3ccccc3)CC(F)(F)F)cnc12. The van der Waals surface area contributed by atoms with Crippen molar-refractivity contribution in [2.75, 3.05) is 5.32 Å². The number of para-hydroxylation sites is 1. The smallest absolute Gasteiger partial charge is 0.324 e. The van der Waals surface area contributed by atoms with E-state index < -0.39 is 23.9 Å². The Bertz CT molecular complexity index is 986. The Morgan fingerprint density at radius 3 is 2.46 bits per heavy atom. The van der Waals surface area contributed by atoms with Crippen LogP contribution in [0.15, 0.2) is 60.8 Å². The number of carbonyl (C=O) groups excluding carboxylic acids is 1. The lowest BCUT2D eigenvalue weighted by molar-refractivity contribution is -0.164. The third kappa shape index (κ3) is 4.68. The number of hydrogen-bond donors (Lipinski definition) is 1. The van der Waals surface area contributed by atoms with Crippen LogP contribution in [0.4, 0.5) is 18.9 Å². The number of aryl methyl sites for hydroxylation is 1. The highest BCUT2D eigenvalue weighted by Crippen LogP contribution is 2.37. The van der Waals surface area contributed by atoms with Gasteiger partial charge in [-0.05, 0) is 30.5 Å². The summed E-state index contributed by atoms with van der Waals surface area (Å²) in [4.78, 5) is 17.2. The number of rotatable bonds is 5. The molecule has 0 fully saturated rings. The van der Waals surface area contributed by atoms with Crippen LogP contribution in [0.5, 0.6) is 0 Å². The topological polar surface area (TPSA) is 42.0 Å². The standard InChI is InChI=1S/C22H21F3N2O/c1-15-7-6-10-17-11-18(13-26-19(15)17)27-20(28)21(2,14-22(23,24)25)12-16-8-4-3-5-9-16/h3-11,13H,12,14H2,1-2H3,(H,27,28)/t21-/m1/s1. The van der Waals surface area contributed by atoms with Gasteiger partial charge >= 0.3 is 6.18 Å². The molecule has 0 aliphatic carbocycles. The lowest BCUT2D eigenvalue weighted by Gasteiger charge is -2.29. The van der Waals surface area contributed by atoms with Crippen LogP contribution in [-0.4, -0.2) is 17.1 Å². The van der Waals surface area contributed by atoms with Crippen LogP contribution in [0.25, 0.3) is 10.9 Å². The first-order chi connectivity index (χ1) is 13.2. The molecule has 0 radical (unpaired) electrons. The summed E-state index contributed by atoms with van der Waals surface area (Å²) in [6.45, 7) is 3.27. The van der Waals surface area contributed by atoms with E-state index in [0.29, 0.717) is 11.3 Å². The first kappa shape index (κ1) is 19.9. The van der Waals surface area contributed by atoms with E-state index in [0.717, 1.165) is 16.5 Å². The van der Waals surface area contributed by atoms with Crippen molar-refractivity contribution in [3.8, 4) is 0 Å². The molecule has 0 saturated heterocycles. The van der Waals surface area contributed by atoms with Crippen LogP contribution < -0.4 is 5.32 Å². The molecule has 1 aromatic heterocycles. The maximum absolute atomic E-state index is 13.2. The van der Waals surface area contributed by atoms with Gasteiger partial charge in [0.05, 0.1) is 29.2 Å². The van der Waals surface area contributed by atoms with E-state index in [-0.39, 0.29) is 6.42 Å². The number of pyridine rings is 1. The van der Waals surface area contributed by atoms with Crippen molar-refractivity contribution in [2.24, 2.45) is 5.41 Å². The van der Waals surface area contributed by atoms with Crippen LogP contribution in [0.3, 0.4) is 0 Å². The fraction of sp³-hybridized carbons (Fsp3) is 0.273. The highest BCUT2D eigenvalue weighted by molar-refractivity contribution is 5.97. The normalized spacial score (nSPS) is 13.9. The summed E-state index contributed by atoms with van der Waals surface area (Å²) in [6, 6.07) is 16.1. The molecule has 3 nitrogen and oxygen atoms in total. The van der Waals surface area contributed by atoms with Crippen LogP contribution >= 0.6 is 0 Å². The number of alkyl halides is 3. The number of benzene rings is 2. The maximum Gasteiger partial charge on any atom is 0.390 e. The highest BCUT2D eigenvalue weighted by Gasteiger charge is 2.44. The summed E-state index contributed by atoms with van der Waals surface area (Å²) in [5.41, 5.74) is 1.20. The van der Waals surface area contributed by atoms with Crippen molar-refractivity contribution in [1.29, 1.82) is 0 Å². The largest absolute Gasteiger partial charge is 0.390 e. The number of anilines is 1.